The molecule has 3 rings (SSSR count). The summed E-state index contributed by atoms with van der Waals surface area (Å²) < 4.78 is 47.1. The molecule has 2 aromatic carbocycles. The van der Waals surface area contributed by atoms with Gasteiger partial charge in [-0.15, -0.1) is 0 Å². The number of nitrogens with one attached hydrogen (secondary N) is 1. The number of hydrazine groups is 1. The number of hydrogen-bond donors (Lipinski definition) is 1. The van der Waals surface area contributed by atoms with E-state index in [-0.39, 0.29) is 18.5 Å². The fourth-order valence-electron chi connectivity index (χ4n) is 3.37. The van der Waals surface area contributed by atoms with Crippen LogP contribution in [0.2, 0.25) is 0 Å². The van der Waals surface area contributed by atoms with Crippen molar-refractivity contribution in [2.75, 3.05) is 13.2 Å². The zero-order valence-corrected chi connectivity index (χ0v) is 15.2. The normalized spacial score (nSPS) is 16.5. The average Bonchev–Trinajstić information content (AvgIpc) is 3.03. The zero-order valence-electron chi connectivity index (χ0n) is 15.2. The maximum absolute atomic E-state index is 13.8. The molecular formula is C20H23F3N2O2. The summed E-state index contributed by atoms with van der Waals surface area (Å²) in [5, 5.41) is 2.16. The van der Waals surface area contributed by atoms with Gasteiger partial charge in [0.25, 0.3) is 0 Å². The van der Waals surface area contributed by atoms with E-state index < -0.39 is 18.1 Å². The van der Waals surface area contributed by atoms with E-state index in [2.05, 4.69) is 12.3 Å². The minimum Gasteiger partial charge on any atom is -0.494 e. The minimum atomic E-state index is -4.51. The lowest BCUT2D eigenvalue weighted by Gasteiger charge is -2.30. The van der Waals surface area contributed by atoms with Crippen molar-refractivity contribution >= 4 is 16.7 Å². The minimum absolute atomic E-state index is 0.0258. The number of alkyl halides is 3. The molecule has 0 radical (unpaired) electrons. The Balaban J connectivity index is 1.91. The summed E-state index contributed by atoms with van der Waals surface area (Å²) in [6.45, 7) is 2.72. The Morgan fingerprint density at radius 3 is 2.70 bits per heavy atom. The van der Waals surface area contributed by atoms with Crippen LogP contribution in [0.5, 0.6) is 5.75 Å². The van der Waals surface area contributed by atoms with E-state index in [1.165, 1.54) is 6.07 Å². The molecule has 27 heavy (non-hydrogen) atoms. The lowest BCUT2D eigenvalue weighted by atomic mass is 9.97. The molecule has 1 saturated heterocycles. The highest BCUT2D eigenvalue weighted by Gasteiger charge is 2.47. The van der Waals surface area contributed by atoms with Crippen molar-refractivity contribution in [3.63, 3.8) is 0 Å². The molecule has 1 aliphatic heterocycles. The summed E-state index contributed by atoms with van der Waals surface area (Å²) in [4.78, 5) is 11.4. The standard InChI is InChI=1S/C20H23F3N2O2/c1-2-3-4-12-27-15-8-9-16-14(13-15)6-5-7-17(16)19(20(21,22)23)25-11-10-18(26)24-25/h5-9,13,19H,2-4,10-12H2,1H3,(H,24,26). The molecule has 146 valence electrons. The Labute approximate surface area is 156 Å². The molecule has 7 heteroatoms. The number of benzene rings is 2. The van der Waals surface area contributed by atoms with Crippen LogP contribution in [-0.2, 0) is 4.79 Å². The average molecular weight is 380 g/mol. The molecule has 1 atom stereocenters. The molecule has 1 unspecified atom stereocenters. The summed E-state index contributed by atoms with van der Waals surface area (Å²) in [5.41, 5.74) is 2.45. The van der Waals surface area contributed by atoms with Gasteiger partial charge in [0.1, 0.15) is 5.75 Å². The molecule has 0 spiro atoms. The third kappa shape index (κ3) is 4.53. The highest BCUT2D eigenvalue weighted by molar-refractivity contribution is 5.87. The van der Waals surface area contributed by atoms with Crippen molar-refractivity contribution in [2.24, 2.45) is 0 Å². The summed E-state index contributed by atoms with van der Waals surface area (Å²) in [5.74, 6) is 0.251. The van der Waals surface area contributed by atoms with Crippen LogP contribution in [0.15, 0.2) is 36.4 Å². The van der Waals surface area contributed by atoms with E-state index in [9.17, 15) is 18.0 Å². The predicted molar refractivity (Wildman–Crippen MR) is 97.2 cm³/mol. The van der Waals surface area contributed by atoms with Crippen molar-refractivity contribution in [1.82, 2.24) is 10.4 Å². The molecule has 0 aromatic heterocycles. The van der Waals surface area contributed by atoms with Crippen molar-refractivity contribution in [3.05, 3.63) is 42.0 Å². The van der Waals surface area contributed by atoms with E-state index in [1.807, 2.05) is 0 Å². The summed E-state index contributed by atoms with van der Waals surface area (Å²) in [6, 6.07) is 8.09. The second kappa shape index (κ2) is 8.17. The Hall–Kier alpha value is -2.28. The van der Waals surface area contributed by atoms with E-state index >= 15 is 0 Å². The second-order valence-electron chi connectivity index (χ2n) is 6.71. The van der Waals surface area contributed by atoms with Gasteiger partial charge in [-0.25, -0.2) is 5.01 Å². The zero-order chi connectivity index (χ0) is 19.4. The van der Waals surface area contributed by atoms with Crippen LogP contribution in [0.25, 0.3) is 10.8 Å². The topological polar surface area (TPSA) is 41.6 Å². The Morgan fingerprint density at radius 1 is 1.22 bits per heavy atom. The number of amides is 1. The van der Waals surface area contributed by atoms with Crippen LogP contribution in [-0.4, -0.2) is 30.2 Å². The van der Waals surface area contributed by atoms with Gasteiger partial charge in [0.05, 0.1) is 6.61 Å². The quantitative estimate of drug-likeness (QED) is 0.705. The number of nitrogens with zero attached hydrogens (tertiary/aromatic N) is 1. The van der Waals surface area contributed by atoms with Crippen LogP contribution in [0.4, 0.5) is 13.2 Å². The number of carbonyl (C=O) groups excluding carboxylic acids is 1. The first-order chi connectivity index (χ1) is 12.9. The number of ether oxygens (including phenoxy) is 1. The van der Waals surface area contributed by atoms with Crippen LogP contribution in [0.3, 0.4) is 0 Å². The molecule has 1 amide bonds. The van der Waals surface area contributed by atoms with Crippen molar-refractivity contribution in [1.29, 1.82) is 0 Å². The molecular weight excluding hydrogens is 357 g/mol. The monoisotopic (exact) mass is 380 g/mol. The van der Waals surface area contributed by atoms with E-state index in [1.54, 1.807) is 30.3 Å². The summed E-state index contributed by atoms with van der Waals surface area (Å²) in [6.07, 6.45) is -1.34. The number of fused-ring (bicyclic) bond motifs is 1. The lowest BCUT2D eigenvalue weighted by Crippen LogP contribution is -2.43. The maximum atomic E-state index is 13.8. The van der Waals surface area contributed by atoms with Gasteiger partial charge < -0.3 is 4.74 Å². The Morgan fingerprint density at radius 2 is 2.04 bits per heavy atom. The van der Waals surface area contributed by atoms with Gasteiger partial charge in [-0.05, 0) is 34.9 Å². The second-order valence-corrected chi connectivity index (χ2v) is 6.71. The predicted octanol–water partition coefficient (Wildman–Crippen LogP) is 4.75. The number of unbranched alkanes of at least 4 members (excludes halogenated alkanes) is 2. The van der Waals surface area contributed by atoms with Crippen LogP contribution in [0.1, 0.15) is 44.2 Å². The molecule has 1 heterocycles. The van der Waals surface area contributed by atoms with Gasteiger partial charge in [0.2, 0.25) is 5.91 Å². The third-order valence-electron chi connectivity index (χ3n) is 4.67. The van der Waals surface area contributed by atoms with Gasteiger partial charge in [0.15, 0.2) is 6.04 Å². The molecule has 2 aromatic rings. The van der Waals surface area contributed by atoms with Gasteiger partial charge in [-0.1, -0.05) is 44.0 Å². The SMILES string of the molecule is CCCCCOc1ccc2c(C(N3CCC(=O)N3)C(F)(F)F)cccc2c1. The van der Waals surface area contributed by atoms with E-state index in [4.69, 9.17) is 4.74 Å². The first-order valence-corrected chi connectivity index (χ1v) is 9.18. The highest BCUT2D eigenvalue weighted by atomic mass is 19.4. The molecule has 4 nitrogen and oxygen atoms in total. The van der Waals surface area contributed by atoms with Crippen molar-refractivity contribution in [3.8, 4) is 5.75 Å². The van der Waals surface area contributed by atoms with Gasteiger partial charge in [0, 0.05) is 13.0 Å². The number of hydrogen-bond acceptors (Lipinski definition) is 3. The van der Waals surface area contributed by atoms with Crippen LogP contribution >= 0.6 is 0 Å². The first kappa shape index (κ1) is 19.5. The highest BCUT2D eigenvalue weighted by Crippen LogP contribution is 2.41. The van der Waals surface area contributed by atoms with E-state index in [0.717, 1.165) is 24.3 Å². The molecule has 0 bridgehead atoms. The van der Waals surface area contributed by atoms with Crippen LogP contribution in [0, 0.1) is 0 Å². The molecule has 1 aliphatic rings. The van der Waals surface area contributed by atoms with Gasteiger partial charge >= 0.3 is 6.18 Å². The molecule has 0 saturated carbocycles. The van der Waals surface area contributed by atoms with E-state index in [0.29, 0.717) is 23.1 Å². The van der Waals surface area contributed by atoms with Gasteiger partial charge in [-0.2, -0.15) is 13.2 Å². The number of halogens is 3. The van der Waals surface area contributed by atoms with Crippen molar-refractivity contribution in [2.45, 2.75) is 44.8 Å². The smallest absolute Gasteiger partial charge is 0.409 e. The fourth-order valence-corrected chi connectivity index (χ4v) is 3.37. The Bertz CT molecular complexity index is 807. The number of rotatable bonds is 7. The lowest BCUT2D eigenvalue weighted by molar-refractivity contribution is -0.190. The molecule has 0 aliphatic carbocycles. The maximum Gasteiger partial charge on any atom is 0.409 e. The summed E-state index contributed by atoms with van der Waals surface area (Å²) >= 11 is 0. The fraction of sp³-hybridized carbons (Fsp3) is 0.450. The third-order valence-corrected chi connectivity index (χ3v) is 4.67. The summed E-state index contributed by atoms with van der Waals surface area (Å²) in [7, 11) is 0. The molecule has 1 N–H and O–H groups in total. The van der Waals surface area contributed by atoms with Crippen LogP contribution < -0.4 is 10.2 Å². The van der Waals surface area contributed by atoms with Gasteiger partial charge in [-0.3, -0.25) is 10.2 Å². The Kier molecular flexibility index (Phi) is 5.89. The number of carbonyl (C=O) groups is 1. The van der Waals surface area contributed by atoms with Crippen molar-refractivity contribution < 1.29 is 22.7 Å². The molecule has 1 fully saturated rings. The first-order valence-electron chi connectivity index (χ1n) is 9.18. The largest absolute Gasteiger partial charge is 0.494 e.